The van der Waals surface area contributed by atoms with Crippen LogP contribution < -0.4 is 19.1 Å². The maximum absolute atomic E-state index is 14.0. The van der Waals surface area contributed by atoms with Gasteiger partial charge < -0.3 is 19.1 Å². The highest BCUT2D eigenvalue weighted by Gasteiger charge is 2.59. The van der Waals surface area contributed by atoms with E-state index in [2.05, 4.69) is 4.98 Å². The number of amides is 1. The molecule has 3 aliphatic heterocycles. The maximum Gasteiger partial charge on any atom is 0.246 e. The molecule has 0 saturated carbocycles. The second kappa shape index (κ2) is 6.37. The van der Waals surface area contributed by atoms with Crippen LogP contribution in [0, 0.1) is 0 Å². The summed E-state index contributed by atoms with van der Waals surface area (Å²) in [6.07, 6.45) is 1.73. The number of anilines is 1. The molecule has 0 saturated heterocycles. The summed E-state index contributed by atoms with van der Waals surface area (Å²) in [5.74, 6) is 1.50. The summed E-state index contributed by atoms with van der Waals surface area (Å²) < 4.78 is 17.8. The lowest BCUT2D eigenvalue weighted by Crippen LogP contribution is -2.42. The van der Waals surface area contributed by atoms with E-state index in [-0.39, 0.29) is 12.5 Å². The van der Waals surface area contributed by atoms with Gasteiger partial charge in [-0.15, -0.1) is 0 Å². The van der Waals surface area contributed by atoms with Crippen molar-refractivity contribution in [2.45, 2.75) is 12.0 Å². The Labute approximate surface area is 178 Å². The molecule has 4 heterocycles. The second-order valence-electron chi connectivity index (χ2n) is 7.51. The standard InChI is InChI=1S/C23H17ClN2O4/c24-16-11-18-21(29-10-9-28-18)19-20(16)30-13-23(19)15-6-1-2-7-17(15)26(22(23)27)12-14-5-3-4-8-25-14/h1-8,11H,9-10,12-13H2. The van der Waals surface area contributed by atoms with Crippen LogP contribution in [0.4, 0.5) is 5.69 Å². The van der Waals surface area contributed by atoms with Crippen molar-refractivity contribution in [2.75, 3.05) is 24.7 Å². The van der Waals surface area contributed by atoms with Crippen molar-refractivity contribution in [2.24, 2.45) is 0 Å². The topological polar surface area (TPSA) is 60.9 Å². The summed E-state index contributed by atoms with van der Waals surface area (Å²) in [5, 5.41) is 0.416. The predicted molar refractivity (Wildman–Crippen MR) is 111 cm³/mol. The van der Waals surface area contributed by atoms with E-state index in [9.17, 15) is 4.79 Å². The average molecular weight is 421 g/mol. The van der Waals surface area contributed by atoms with E-state index in [1.54, 1.807) is 17.2 Å². The molecule has 3 aromatic rings. The number of carbonyl (C=O) groups is 1. The Hall–Kier alpha value is -3.25. The van der Waals surface area contributed by atoms with Crippen molar-refractivity contribution in [1.29, 1.82) is 0 Å². The van der Waals surface area contributed by atoms with Gasteiger partial charge in [0.05, 0.1) is 22.8 Å². The molecule has 1 atom stereocenters. The fourth-order valence-electron chi connectivity index (χ4n) is 4.64. The van der Waals surface area contributed by atoms with Crippen LogP contribution in [0.25, 0.3) is 0 Å². The fraction of sp³-hybridized carbons (Fsp3) is 0.217. The summed E-state index contributed by atoms with van der Waals surface area (Å²) in [5.41, 5.74) is 2.16. The zero-order chi connectivity index (χ0) is 20.3. The SMILES string of the molecule is O=C1N(Cc2ccccn2)c2ccccc2C12COc1c(Cl)cc3c(c12)OCCO3. The molecule has 3 aliphatic rings. The minimum Gasteiger partial charge on any atom is -0.490 e. The Kier molecular flexibility index (Phi) is 3.74. The van der Waals surface area contributed by atoms with Gasteiger partial charge in [0.15, 0.2) is 11.5 Å². The summed E-state index contributed by atoms with van der Waals surface area (Å²) in [6, 6.07) is 15.2. The first-order valence-corrected chi connectivity index (χ1v) is 10.1. The van der Waals surface area contributed by atoms with Crippen molar-refractivity contribution >= 4 is 23.2 Å². The molecule has 6 nitrogen and oxygen atoms in total. The largest absolute Gasteiger partial charge is 0.490 e. The minimum absolute atomic E-state index is 0.0771. The third-order valence-corrected chi connectivity index (χ3v) is 6.19. The summed E-state index contributed by atoms with van der Waals surface area (Å²) in [6.45, 7) is 1.38. The molecule has 1 aromatic heterocycles. The zero-order valence-electron chi connectivity index (χ0n) is 15.9. The quantitative estimate of drug-likeness (QED) is 0.632. The molecule has 7 heteroatoms. The number of rotatable bonds is 2. The van der Waals surface area contributed by atoms with Crippen LogP contribution in [0.1, 0.15) is 16.8 Å². The minimum atomic E-state index is -1.03. The van der Waals surface area contributed by atoms with E-state index in [1.807, 2.05) is 42.5 Å². The van der Waals surface area contributed by atoms with Gasteiger partial charge >= 0.3 is 0 Å². The van der Waals surface area contributed by atoms with E-state index < -0.39 is 5.41 Å². The molecule has 1 amide bonds. The monoisotopic (exact) mass is 420 g/mol. The second-order valence-corrected chi connectivity index (χ2v) is 7.92. The van der Waals surface area contributed by atoms with Crippen molar-refractivity contribution in [3.05, 3.63) is 76.6 Å². The Morgan fingerprint density at radius 3 is 2.73 bits per heavy atom. The van der Waals surface area contributed by atoms with Crippen molar-refractivity contribution in [1.82, 2.24) is 4.98 Å². The van der Waals surface area contributed by atoms with Gasteiger partial charge in [0.1, 0.15) is 31.0 Å². The molecule has 1 unspecified atom stereocenters. The highest BCUT2D eigenvalue weighted by Crippen LogP contribution is 2.59. The van der Waals surface area contributed by atoms with Gasteiger partial charge in [0.25, 0.3) is 0 Å². The van der Waals surface area contributed by atoms with Crippen LogP contribution in [0.2, 0.25) is 5.02 Å². The highest BCUT2D eigenvalue weighted by molar-refractivity contribution is 6.32. The number of halogens is 1. The van der Waals surface area contributed by atoms with Crippen molar-refractivity contribution in [3.8, 4) is 17.2 Å². The van der Waals surface area contributed by atoms with Crippen LogP contribution in [-0.2, 0) is 16.8 Å². The molecule has 0 fully saturated rings. The van der Waals surface area contributed by atoms with Gasteiger partial charge in [-0.3, -0.25) is 9.78 Å². The van der Waals surface area contributed by atoms with E-state index in [0.29, 0.717) is 47.6 Å². The number of para-hydroxylation sites is 1. The molecule has 0 aliphatic carbocycles. The average Bonchev–Trinajstić information content (AvgIpc) is 3.29. The lowest BCUT2D eigenvalue weighted by atomic mass is 9.76. The number of hydrogen-bond acceptors (Lipinski definition) is 5. The van der Waals surface area contributed by atoms with Crippen LogP contribution in [0.3, 0.4) is 0 Å². The van der Waals surface area contributed by atoms with E-state index in [1.165, 1.54) is 0 Å². The lowest BCUT2D eigenvalue weighted by molar-refractivity contribution is -0.122. The Morgan fingerprint density at radius 1 is 1.03 bits per heavy atom. The van der Waals surface area contributed by atoms with E-state index in [0.717, 1.165) is 16.9 Å². The van der Waals surface area contributed by atoms with E-state index >= 15 is 0 Å². The Morgan fingerprint density at radius 2 is 1.87 bits per heavy atom. The van der Waals surface area contributed by atoms with Gasteiger partial charge in [-0.2, -0.15) is 0 Å². The van der Waals surface area contributed by atoms with Crippen LogP contribution in [-0.4, -0.2) is 30.7 Å². The molecule has 0 bridgehead atoms. The number of hydrogen-bond donors (Lipinski definition) is 0. The Bertz CT molecular complexity index is 1180. The summed E-state index contributed by atoms with van der Waals surface area (Å²) >= 11 is 6.51. The number of benzene rings is 2. The van der Waals surface area contributed by atoms with Crippen LogP contribution in [0.15, 0.2) is 54.7 Å². The van der Waals surface area contributed by atoms with Crippen molar-refractivity contribution < 1.29 is 19.0 Å². The van der Waals surface area contributed by atoms with Gasteiger partial charge in [-0.1, -0.05) is 35.9 Å². The first-order chi connectivity index (χ1) is 14.7. The number of nitrogens with zero attached hydrogens (tertiary/aromatic N) is 2. The van der Waals surface area contributed by atoms with Crippen LogP contribution in [0.5, 0.6) is 17.2 Å². The fourth-order valence-corrected chi connectivity index (χ4v) is 4.88. The van der Waals surface area contributed by atoms with Gasteiger partial charge in [0.2, 0.25) is 5.91 Å². The van der Waals surface area contributed by atoms with Gasteiger partial charge in [0, 0.05) is 18.0 Å². The molecule has 2 aromatic carbocycles. The Balaban J connectivity index is 1.57. The highest BCUT2D eigenvalue weighted by atomic mass is 35.5. The van der Waals surface area contributed by atoms with Crippen molar-refractivity contribution in [3.63, 3.8) is 0 Å². The molecule has 150 valence electrons. The zero-order valence-corrected chi connectivity index (χ0v) is 16.7. The first kappa shape index (κ1) is 17.6. The molecule has 6 rings (SSSR count). The van der Waals surface area contributed by atoms with E-state index in [4.69, 9.17) is 25.8 Å². The van der Waals surface area contributed by atoms with Gasteiger partial charge in [-0.25, -0.2) is 0 Å². The number of fused-ring (bicyclic) bond motifs is 6. The molecule has 0 N–H and O–H groups in total. The number of carbonyl (C=O) groups excluding carboxylic acids is 1. The number of ether oxygens (including phenoxy) is 3. The first-order valence-electron chi connectivity index (χ1n) is 9.77. The molecular weight excluding hydrogens is 404 g/mol. The number of pyridine rings is 1. The van der Waals surface area contributed by atoms with Gasteiger partial charge in [-0.05, 0) is 23.8 Å². The molecular formula is C23H17ClN2O4. The number of aromatic nitrogens is 1. The molecule has 0 radical (unpaired) electrons. The predicted octanol–water partition coefficient (Wildman–Crippen LogP) is 3.73. The molecule has 1 spiro atoms. The third kappa shape index (κ3) is 2.25. The summed E-state index contributed by atoms with van der Waals surface area (Å²) in [4.78, 5) is 20.2. The summed E-state index contributed by atoms with van der Waals surface area (Å²) in [7, 11) is 0. The maximum atomic E-state index is 14.0. The smallest absolute Gasteiger partial charge is 0.246 e. The normalized spacial score (nSPS) is 20.8. The lowest BCUT2D eigenvalue weighted by Gasteiger charge is -2.27. The van der Waals surface area contributed by atoms with Crippen LogP contribution >= 0.6 is 11.6 Å². The third-order valence-electron chi connectivity index (χ3n) is 5.91. The molecule has 30 heavy (non-hydrogen) atoms.